The van der Waals surface area contributed by atoms with Crippen LogP contribution in [0, 0.1) is 0 Å². The molecule has 2 nitrogen and oxygen atoms in total. The third-order valence-corrected chi connectivity index (χ3v) is 2.67. The summed E-state index contributed by atoms with van der Waals surface area (Å²) < 4.78 is 18.5. The fourth-order valence-electron chi connectivity index (χ4n) is 1.39. The Bertz CT molecular complexity index is 213. The van der Waals surface area contributed by atoms with Gasteiger partial charge in [-0.05, 0) is 33.4 Å². The minimum Gasteiger partial charge on any atom is -0.359 e. The van der Waals surface area contributed by atoms with Crippen molar-refractivity contribution in [2.24, 2.45) is 0 Å². The van der Waals surface area contributed by atoms with Crippen LogP contribution >= 0.6 is 0 Å². The van der Waals surface area contributed by atoms with Gasteiger partial charge in [-0.25, -0.2) is 4.39 Å². The van der Waals surface area contributed by atoms with Crippen molar-refractivity contribution in [1.29, 1.82) is 0 Å². The zero-order valence-electron chi connectivity index (χ0n) is 8.80. The van der Waals surface area contributed by atoms with Crippen LogP contribution < -0.4 is 0 Å². The van der Waals surface area contributed by atoms with Gasteiger partial charge in [0.2, 0.25) is 0 Å². The van der Waals surface area contributed by atoms with Crippen LogP contribution in [0.3, 0.4) is 0 Å². The number of rotatable bonds is 2. The van der Waals surface area contributed by atoms with Crippen molar-refractivity contribution < 1.29 is 9.13 Å². The second kappa shape index (κ2) is 3.76. The molecule has 76 valence electrons. The number of allylic oxidation sites excluding steroid dienone is 1. The number of ether oxygens (including phenoxy) is 1. The quantitative estimate of drug-likeness (QED) is 0.657. The molecule has 13 heavy (non-hydrogen) atoms. The van der Waals surface area contributed by atoms with Crippen LogP contribution in [0.15, 0.2) is 11.9 Å². The van der Waals surface area contributed by atoms with Gasteiger partial charge in [0.1, 0.15) is 5.72 Å². The number of halogens is 1. The Hall–Kier alpha value is -0.410. The minimum absolute atomic E-state index is 0.0573. The van der Waals surface area contributed by atoms with Crippen LogP contribution in [-0.2, 0) is 4.74 Å². The molecule has 1 rings (SSSR count). The zero-order chi connectivity index (χ0) is 10.1. The van der Waals surface area contributed by atoms with E-state index in [-0.39, 0.29) is 17.6 Å². The van der Waals surface area contributed by atoms with Gasteiger partial charge in [0, 0.05) is 0 Å². The molecule has 0 N–H and O–H groups in total. The first-order valence-corrected chi connectivity index (χ1v) is 4.70. The average molecular weight is 187 g/mol. The largest absolute Gasteiger partial charge is 0.359 e. The highest BCUT2D eigenvalue weighted by atomic mass is 19.1. The van der Waals surface area contributed by atoms with Crippen molar-refractivity contribution in [3.05, 3.63) is 11.9 Å². The molecule has 1 atom stereocenters. The zero-order valence-corrected chi connectivity index (χ0v) is 8.80. The summed E-state index contributed by atoms with van der Waals surface area (Å²) >= 11 is 0. The third-order valence-electron chi connectivity index (χ3n) is 2.67. The van der Waals surface area contributed by atoms with E-state index in [1.165, 1.54) is 0 Å². The van der Waals surface area contributed by atoms with Crippen molar-refractivity contribution >= 4 is 0 Å². The van der Waals surface area contributed by atoms with Crippen LogP contribution in [0.5, 0.6) is 0 Å². The Morgan fingerprint density at radius 3 is 2.69 bits per heavy atom. The van der Waals surface area contributed by atoms with Gasteiger partial charge < -0.3 is 4.74 Å². The molecule has 0 aromatic carbocycles. The van der Waals surface area contributed by atoms with Gasteiger partial charge >= 0.3 is 0 Å². The lowest BCUT2D eigenvalue weighted by Crippen LogP contribution is -2.39. The van der Waals surface area contributed by atoms with Crippen molar-refractivity contribution in [1.82, 2.24) is 4.90 Å². The molecule has 0 amide bonds. The number of nitrogens with zero attached hydrogens (tertiary/aromatic N) is 1. The van der Waals surface area contributed by atoms with E-state index in [9.17, 15) is 4.39 Å². The maximum Gasteiger partial charge on any atom is 0.116 e. The molecule has 0 radical (unpaired) electrons. The molecular weight excluding hydrogens is 169 g/mol. The summed E-state index contributed by atoms with van der Waals surface area (Å²) in [6.45, 7) is 6.37. The monoisotopic (exact) mass is 187 g/mol. The lowest BCUT2D eigenvalue weighted by atomic mass is 10.2. The van der Waals surface area contributed by atoms with E-state index >= 15 is 0 Å². The first kappa shape index (κ1) is 10.7. The standard InChI is InChI=1S/C10H18FNO/c1-5-8(11)6-9-7-13-10(2,3)12(9)4/h6,9H,5,7H2,1-4H3/t9-/m0/s1. The first-order chi connectivity index (χ1) is 5.97. The molecule has 0 saturated carbocycles. The Morgan fingerprint density at radius 2 is 2.31 bits per heavy atom. The predicted octanol–water partition coefficient (Wildman–Crippen LogP) is 2.32. The Morgan fingerprint density at radius 1 is 1.69 bits per heavy atom. The molecule has 3 heteroatoms. The van der Waals surface area contributed by atoms with Gasteiger partial charge in [0.15, 0.2) is 0 Å². The van der Waals surface area contributed by atoms with Gasteiger partial charge in [0.25, 0.3) is 0 Å². The average Bonchev–Trinajstić information content (AvgIpc) is 2.32. The highest BCUT2D eigenvalue weighted by molar-refractivity contribution is 5.03. The lowest BCUT2D eigenvalue weighted by molar-refractivity contribution is -0.0402. The molecule has 1 saturated heterocycles. The Balaban J connectivity index is 2.66. The SMILES string of the molecule is CCC(F)=C[C@H]1COC(C)(C)N1C. The predicted molar refractivity (Wildman–Crippen MR) is 51.1 cm³/mol. The van der Waals surface area contributed by atoms with Gasteiger partial charge in [0.05, 0.1) is 18.5 Å². The van der Waals surface area contributed by atoms with E-state index in [0.29, 0.717) is 13.0 Å². The summed E-state index contributed by atoms with van der Waals surface area (Å²) in [6, 6.07) is 0.0787. The van der Waals surface area contributed by atoms with Gasteiger partial charge in [-0.3, -0.25) is 4.90 Å². The van der Waals surface area contributed by atoms with E-state index in [1.807, 2.05) is 32.7 Å². The topological polar surface area (TPSA) is 12.5 Å². The number of hydrogen-bond donors (Lipinski definition) is 0. The van der Waals surface area contributed by atoms with Crippen LogP contribution in [0.1, 0.15) is 27.2 Å². The molecular formula is C10H18FNO. The van der Waals surface area contributed by atoms with Gasteiger partial charge in [-0.1, -0.05) is 6.92 Å². The normalized spacial score (nSPS) is 29.6. The Kier molecular flexibility index (Phi) is 3.09. The minimum atomic E-state index is -0.269. The molecule has 0 aromatic rings. The van der Waals surface area contributed by atoms with Crippen LogP contribution in [-0.4, -0.2) is 30.3 Å². The molecule has 0 unspecified atom stereocenters. The molecule has 0 aromatic heterocycles. The van der Waals surface area contributed by atoms with E-state index in [2.05, 4.69) is 0 Å². The van der Waals surface area contributed by atoms with E-state index in [1.54, 1.807) is 6.08 Å². The van der Waals surface area contributed by atoms with Gasteiger partial charge in [-0.2, -0.15) is 0 Å². The fourth-order valence-corrected chi connectivity index (χ4v) is 1.39. The van der Waals surface area contributed by atoms with Crippen molar-refractivity contribution in [2.45, 2.75) is 39.0 Å². The second-order valence-electron chi connectivity index (χ2n) is 3.90. The number of likely N-dealkylation sites (N-methyl/N-ethyl adjacent to an activating group) is 1. The molecule has 0 aliphatic carbocycles. The molecule has 1 fully saturated rings. The summed E-state index contributed by atoms with van der Waals surface area (Å²) in [5, 5.41) is 0. The molecule has 1 aliphatic heterocycles. The Labute approximate surface area is 79.4 Å². The molecule has 0 bridgehead atoms. The number of hydrogen-bond acceptors (Lipinski definition) is 2. The van der Waals surface area contributed by atoms with Crippen molar-refractivity contribution in [3.8, 4) is 0 Å². The molecule has 1 heterocycles. The van der Waals surface area contributed by atoms with Crippen LogP contribution in [0.25, 0.3) is 0 Å². The summed E-state index contributed by atoms with van der Waals surface area (Å²) in [5.74, 6) is -0.0573. The first-order valence-electron chi connectivity index (χ1n) is 4.70. The summed E-state index contributed by atoms with van der Waals surface area (Å²) in [4.78, 5) is 2.04. The summed E-state index contributed by atoms with van der Waals surface area (Å²) in [7, 11) is 1.96. The maximum absolute atomic E-state index is 13.0. The summed E-state index contributed by atoms with van der Waals surface area (Å²) in [6.07, 6.45) is 2.11. The molecule has 0 spiro atoms. The van der Waals surface area contributed by atoms with Crippen LogP contribution in [0.4, 0.5) is 4.39 Å². The van der Waals surface area contributed by atoms with Crippen molar-refractivity contribution in [2.75, 3.05) is 13.7 Å². The highest BCUT2D eigenvalue weighted by Gasteiger charge is 2.36. The second-order valence-corrected chi connectivity index (χ2v) is 3.90. The lowest BCUT2D eigenvalue weighted by Gasteiger charge is -2.28. The maximum atomic E-state index is 13.0. The van der Waals surface area contributed by atoms with Crippen LogP contribution in [0.2, 0.25) is 0 Å². The van der Waals surface area contributed by atoms with E-state index in [4.69, 9.17) is 4.74 Å². The van der Waals surface area contributed by atoms with Crippen molar-refractivity contribution in [3.63, 3.8) is 0 Å². The third kappa shape index (κ3) is 2.29. The molecule has 1 aliphatic rings. The van der Waals surface area contributed by atoms with E-state index in [0.717, 1.165) is 0 Å². The van der Waals surface area contributed by atoms with E-state index < -0.39 is 0 Å². The highest BCUT2D eigenvalue weighted by Crippen LogP contribution is 2.26. The summed E-state index contributed by atoms with van der Waals surface area (Å²) in [5.41, 5.74) is -0.269. The fraction of sp³-hybridized carbons (Fsp3) is 0.800. The van der Waals surface area contributed by atoms with Gasteiger partial charge in [-0.15, -0.1) is 0 Å². The smallest absolute Gasteiger partial charge is 0.116 e.